The van der Waals surface area contributed by atoms with Crippen LogP contribution in [0, 0.1) is 0 Å². The van der Waals surface area contributed by atoms with Crippen LogP contribution in [0.5, 0.6) is 0 Å². The fourth-order valence-electron chi connectivity index (χ4n) is 1.39. The van der Waals surface area contributed by atoms with E-state index in [0.29, 0.717) is 0 Å². The Morgan fingerprint density at radius 1 is 1.50 bits per heavy atom. The van der Waals surface area contributed by atoms with E-state index >= 15 is 0 Å². The average Bonchev–Trinajstić information content (AvgIpc) is 2.13. The van der Waals surface area contributed by atoms with Gasteiger partial charge in [-0.15, -0.1) is 5.48 Å². The third-order valence-electron chi connectivity index (χ3n) is 2.21. The Morgan fingerprint density at radius 2 is 2.06 bits per heavy atom. The van der Waals surface area contributed by atoms with Gasteiger partial charge in [0.25, 0.3) is 5.60 Å². The van der Waals surface area contributed by atoms with Crippen molar-refractivity contribution in [1.82, 2.24) is 5.48 Å². The highest BCUT2D eigenvalue weighted by Crippen LogP contribution is 2.45. The van der Waals surface area contributed by atoms with Crippen molar-refractivity contribution in [3.05, 3.63) is 0 Å². The summed E-state index contributed by atoms with van der Waals surface area (Å²) >= 11 is 0. The molecule has 9 heteroatoms. The standard InChI is InChI=1S/C9H12F3NO5/c1-3-16-7(15)8(9(10,11)12)4-6(17-8)13-18-5(2)14/h6,13H,3-4H2,1-2H3. The quantitative estimate of drug-likeness (QED) is 0.598. The average molecular weight is 271 g/mol. The maximum absolute atomic E-state index is 12.7. The Balaban J connectivity index is 2.64. The summed E-state index contributed by atoms with van der Waals surface area (Å²) in [7, 11) is 0. The summed E-state index contributed by atoms with van der Waals surface area (Å²) in [5, 5.41) is 0. The van der Waals surface area contributed by atoms with Crippen molar-refractivity contribution in [1.29, 1.82) is 0 Å². The van der Waals surface area contributed by atoms with Gasteiger partial charge in [-0.05, 0) is 6.92 Å². The summed E-state index contributed by atoms with van der Waals surface area (Å²) in [6, 6.07) is 0. The molecular weight excluding hydrogens is 259 g/mol. The first-order valence-electron chi connectivity index (χ1n) is 5.07. The second-order valence-corrected chi connectivity index (χ2v) is 3.57. The number of hydrogen-bond donors (Lipinski definition) is 1. The molecule has 0 aromatic heterocycles. The van der Waals surface area contributed by atoms with E-state index in [-0.39, 0.29) is 6.61 Å². The van der Waals surface area contributed by atoms with Crippen LogP contribution in [0.25, 0.3) is 0 Å². The number of hydroxylamine groups is 1. The summed E-state index contributed by atoms with van der Waals surface area (Å²) in [4.78, 5) is 26.0. The molecule has 0 amide bonds. The lowest BCUT2D eigenvalue weighted by Gasteiger charge is -2.45. The maximum Gasteiger partial charge on any atom is 0.428 e. The van der Waals surface area contributed by atoms with Gasteiger partial charge in [0, 0.05) is 13.3 Å². The molecule has 1 aliphatic rings. The van der Waals surface area contributed by atoms with Gasteiger partial charge in [-0.1, -0.05) is 0 Å². The van der Waals surface area contributed by atoms with Crippen LogP contribution >= 0.6 is 0 Å². The van der Waals surface area contributed by atoms with Crippen molar-refractivity contribution in [2.45, 2.75) is 38.3 Å². The highest BCUT2D eigenvalue weighted by molar-refractivity contribution is 5.82. The van der Waals surface area contributed by atoms with Gasteiger partial charge in [-0.25, -0.2) is 4.79 Å². The summed E-state index contributed by atoms with van der Waals surface area (Å²) in [5.74, 6) is -2.24. The molecule has 0 saturated carbocycles. The summed E-state index contributed by atoms with van der Waals surface area (Å²) in [6.07, 6.45) is -6.81. The second kappa shape index (κ2) is 5.11. The van der Waals surface area contributed by atoms with Crippen molar-refractivity contribution in [2.75, 3.05) is 6.61 Å². The minimum absolute atomic E-state index is 0.192. The lowest BCUT2D eigenvalue weighted by molar-refractivity contribution is -0.355. The first-order valence-corrected chi connectivity index (χ1v) is 5.07. The van der Waals surface area contributed by atoms with E-state index in [9.17, 15) is 22.8 Å². The molecule has 6 nitrogen and oxygen atoms in total. The molecule has 18 heavy (non-hydrogen) atoms. The van der Waals surface area contributed by atoms with E-state index in [1.807, 2.05) is 5.48 Å². The molecule has 2 unspecified atom stereocenters. The van der Waals surface area contributed by atoms with E-state index in [1.165, 1.54) is 6.92 Å². The minimum Gasteiger partial charge on any atom is -0.464 e. The van der Waals surface area contributed by atoms with Crippen LogP contribution in [-0.4, -0.2) is 36.6 Å². The fourth-order valence-corrected chi connectivity index (χ4v) is 1.39. The van der Waals surface area contributed by atoms with Gasteiger partial charge in [0.2, 0.25) is 0 Å². The summed E-state index contributed by atoms with van der Waals surface area (Å²) in [6.45, 7) is 2.26. The van der Waals surface area contributed by atoms with E-state index in [0.717, 1.165) is 6.92 Å². The number of nitrogens with one attached hydrogen (secondary N) is 1. The van der Waals surface area contributed by atoms with Crippen molar-refractivity contribution in [3.8, 4) is 0 Å². The molecule has 0 aromatic rings. The molecule has 0 spiro atoms. The highest BCUT2D eigenvalue weighted by Gasteiger charge is 2.70. The van der Waals surface area contributed by atoms with Crippen molar-refractivity contribution < 1.29 is 37.1 Å². The number of ether oxygens (including phenoxy) is 2. The Hall–Kier alpha value is -1.35. The lowest BCUT2D eigenvalue weighted by atomic mass is 9.92. The Labute approximate surface area is 100 Å². The van der Waals surface area contributed by atoms with Crippen LogP contribution in [0.15, 0.2) is 0 Å². The van der Waals surface area contributed by atoms with E-state index in [2.05, 4.69) is 14.3 Å². The zero-order valence-corrected chi connectivity index (χ0v) is 9.67. The monoisotopic (exact) mass is 271 g/mol. The van der Waals surface area contributed by atoms with Gasteiger partial charge in [0.1, 0.15) is 6.23 Å². The molecule has 2 atom stereocenters. The predicted octanol–water partition coefficient (Wildman–Crippen LogP) is 0.665. The molecule has 0 bridgehead atoms. The van der Waals surface area contributed by atoms with E-state index < -0.39 is 36.4 Å². The molecule has 1 aliphatic heterocycles. The fraction of sp³-hybridized carbons (Fsp3) is 0.778. The molecule has 0 aromatic carbocycles. The number of esters is 1. The van der Waals surface area contributed by atoms with Crippen LogP contribution in [0.1, 0.15) is 20.3 Å². The van der Waals surface area contributed by atoms with Gasteiger partial charge in [0.15, 0.2) is 0 Å². The Kier molecular flexibility index (Phi) is 4.17. The topological polar surface area (TPSA) is 73.9 Å². The number of carbonyl (C=O) groups excluding carboxylic acids is 2. The van der Waals surface area contributed by atoms with Crippen LogP contribution < -0.4 is 5.48 Å². The third kappa shape index (κ3) is 2.72. The number of carbonyl (C=O) groups is 2. The summed E-state index contributed by atoms with van der Waals surface area (Å²) < 4.78 is 47.0. The van der Waals surface area contributed by atoms with E-state index in [4.69, 9.17) is 0 Å². The largest absolute Gasteiger partial charge is 0.464 e. The number of alkyl halides is 3. The predicted molar refractivity (Wildman–Crippen MR) is 49.8 cm³/mol. The lowest BCUT2D eigenvalue weighted by Crippen LogP contribution is -2.68. The van der Waals surface area contributed by atoms with Crippen molar-refractivity contribution in [2.24, 2.45) is 0 Å². The van der Waals surface area contributed by atoms with Gasteiger partial charge < -0.3 is 14.3 Å². The number of hydrogen-bond acceptors (Lipinski definition) is 6. The maximum atomic E-state index is 12.7. The zero-order chi connectivity index (χ0) is 14.0. The second-order valence-electron chi connectivity index (χ2n) is 3.57. The Bertz CT molecular complexity index is 338. The molecule has 0 radical (unpaired) electrons. The van der Waals surface area contributed by atoms with Crippen LogP contribution in [-0.2, 0) is 23.9 Å². The van der Waals surface area contributed by atoms with Crippen LogP contribution in [0.2, 0.25) is 0 Å². The normalized spacial score (nSPS) is 27.3. The van der Waals surface area contributed by atoms with Crippen molar-refractivity contribution in [3.63, 3.8) is 0 Å². The first-order chi connectivity index (χ1) is 8.23. The molecule has 1 fully saturated rings. The molecule has 1 rings (SSSR count). The molecule has 1 saturated heterocycles. The first kappa shape index (κ1) is 14.7. The van der Waals surface area contributed by atoms with Crippen LogP contribution in [0.3, 0.4) is 0 Å². The van der Waals surface area contributed by atoms with Crippen molar-refractivity contribution >= 4 is 11.9 Å². The molecule has 104 valence electrons. The highest BCUT2D eigenvalue weighted by atomic mass is 19.4. The van der Waals surface area contributed by atoms with Gasteiger partial charge in [-0.3, -0.25) is 4.79 Å². The van der Waals surface area contributed by atoms with Gasteiger partial charge in [0.05, 0.1) is 6.61 Å². The molecular formula is C9H12F3NO5. The summed E-state index contributed by atoms with van der Waals surface area (Å²) in [5.41, 5.74) is -1.02. The van der Waals surface area contributed by atoms with E-state index in [1.54, 1.807) is 0 Å². The van der Waals surface area contributed by atoms with Crippen LogP contribution in [0.4, 0.5) is 13.2 Å². The SMILES string of the molecule is CCOC(=O)C1(C(F)(F)F)CC(NOC(C)=O)O1. The molecule has 1 heterocycles. The smallest absolute Gasteiger partial charge is 0.428 e. The number of halogens is 3. The molecule has 1 N–H and O–H groups in total. The zero-order valence-electron chi connectivity index (χ0n) is 9.67. The third-order valence-corrected chi connectivity index (χ3v) is 2.21. The molecule has 0 aliphatic carbocycles. The van der Waals surface area contributed by atoms with Gasteiger partial charge in [-0.2, -0.15) is 13.2 Å². The Morgan fingerprint density at radius 3 is 2.44 bits per heavy atom. The minimum atomic E-state index is -4.90. The number of rotatable bonds is 4. The van der Waals surface area contributed by atoms with Gasteiger partial charge >= 0.3 is 18.1 Å².